The monoisotopic (exact) mass is 295 g/mol. The number of hydrogen-bond acceptors (Lipinski definition) is 3. The van der Waals surface area contributed by atoms with Crippen LogP contribution in [0.3, 0.4) is 0 Å². The lowest BCUT2D eigenvalue weighted by molar-refractivity contribution is 0.0933. The van der Waals surface area contributed by atoms with Crippen LogP contribution in [0, 0.1) is 0 Å². The third kappa shape index (κ3) is 4.10. The van der Waals surface area contributed by atoms with Crippen LogP contribution in [0.25, 0.3) is 0 Å². The highest BCUT2D eigenvalue weighted by molar-refractivity contribution is 6.29. The number of carbonyl (C=O) groups excluding carboxylic acids is 1. The van der Waals surface area contributed by atoms with Crippen LogP contribution in [0.15, 0.2) is 12.1 Å². The van der Waals surface area contributed by atoms with Gasteiger partial charge in [-0.1, -0.05) is 37.3 Å². The molecule has 1 heterocycles. The second-order valence-corrected chi connectivity index (χ2v) is 5.98. The molecule has 0 saturated heterocycles. The van der Waals surface area contributed by atoms with Crippen molar-refractivity contribution in [3.05, 3.63) is 22.8 Å². The maximum atomic E-state index is 12.3. The van der Waals surface area contributed by atoms with Gasteiger partial charge in [0.15, 0.2) is 0 Å². The summed E-state index contributed by atoms with van der Waals surface area (Å²) in [6.07, 6.45) is 7.10. The van der Waals surface area contributed by atoms with Crippen molar-refractivity contribution < 1.29 is 4.79 Å². The van der Waals surface area contributed by atoms with Crippen LogP contribution in [0.5, 0.6) is 0 Å². The van der Waals surface area contributed by atoms with Crippen LogP contribution in [0.2, 0.25) is 5.15 Å². The van der Waals surface area contributed by atoms with E-state index in [9.17, 15) is 4.79 Å². The van der Waals surface area contributed by atoms with Crippen molar-refractivity contribution in [2.24, 2.45) is 0 Å². The SMILES string of the molecule is CN(C)c1cc(C(=O)NC2CCCCCC2)cc(Cl)n1. The van der Waals surface area contributed by atoms with Crippen LogP contribution in [-0.4, -0.2) is 31.0 Å². The number of aromatic nitrogens is 1. The Morgan fingerprint density at radius 3 is 2.50 bits per heavy atom. The minimum atomic E-state index is -0.0516. The van der Waals surface area contributed by atoms with E-state index in [-0.39, 0.29) is 5.91 Å². The predicted octanol–water partition coefficient (Wildman–Crippen LogP) is 3.25. The fraction of sp³-hybridized carbons (Fsp3) is 0.600. The molecule has 0 aromatic carbocycles. The summed E-state index contributed by atoms with van der Waals surface area (Å²) >= 11 is 5.99. The largest absolute Gasteiger partial charge is 0.363 e. The topological polar surface area (TPSA) is 45.2 Å². The molecular formula is C15H22ClN3O. The molecule has 1 aliphatic rings. The third-order valence-electron chi connectivity index (χ3n) is 3.69. The highest BCUT2D eigenvalue weighted by Gasteiger charge is 2.17. The minimum Gasteiger partial charge on any atom is -0.363 e. The van der Waals surface area contributed by atoms with Gasteiger partial charge in [0.1, 0.15) is 11.0 Å². The molecule has 0 bridgehead atoms. The first-order chi connectivity index (χ1) is 9.56. The molecule has 1 N–H and O–H groups in total. The molecule has 0 radical (unpaired) electrons. The summed E-state index contributed by atoms with van der Waals surface area (Å²) in [5, 5.41) is 3.47. The molecule has 1 aromatic heterocycles. The first-order valence-electron chi connectivity index (χ1n) is 7.22. The van der Waals surface area contributed by atoms with E-state index in [4.69, 9.17) is 11.6 Å². The second kappa shape index (κ2) is 6.93. The number of hydrogen-bond donors (Lipinski definition) is 1. The van der Waals surface area contributed by atoms with Gasteiger partial charge in [-0.15, -0.1) is 0 Å². The average molecular weight is 296 g/mol. The van der Waals surface area contributed by atoms with Crippen LogP contribution in [0.4, 0.5) is 5.82 Å². The van der Waals surface area contributed by atoms with E-state index in [0.717, 1.165) is 12.8 Å². The number of anilines is 1. The van der Waals surface area contributed by atoms with Crippen LogP contribution in [-0.2, 0) is 0 Å². The molecule has 1 amide bonds. The Balaban J connectivity index is 2.08. The van der Waals surface area contributed by atoms with Gasteiger partial charge < -0.3 is 10.2 Å². The van der Waals surface area contributed by atoms with Gasteiger partial charge >= 0.3 is 0 Å². The summed E-state index contributed by atoms with van der Waals surface area (Å²) in [6, 6.07) is 3.69. The van der Waals surface area contributed by atoms with Crippen molar-refractivity contribution in [1.29, 1.82) is 0 Å². The second-order valence-electron chi connectivity index (χ2n) is 5.59. The van der Waals surface area contributed by atoms with Gasteiger partial charge in [0, 0.05) is 25.7 Å². The number of pyridine rings is 1. The zero-order chi connectivity index (χ0) is 14.5. The molecular weight excluding hydrogens is 274 g/mol. The summed E-state index contributed by atoms with van der Waals surface area (Å²) in [5.41, 5.74) is 0.581. The molecule has 0 atom stereocenters. The zero-order valence-corrected chi connectivity index (χ0v) is 12.9. The van der Waals surface area contributed by atoms with E-state index in [1.54, 1.807) is 12.1 Å². The minimum absolute atomic E-state index is 0.0516. The van der Waals surface area contributed by atoms with Crippen molar-refractivity contribution >= 4 is 23.3 Å². The van der Waals surface area contributed by atoms with Gasteiger partial charge in [-0.05, 0) is 25.0 Å². The summed E-state index contributed by atoms with van der Waals surface area (Å²) in [5.74, 6) is 0.646. The maximum absolute atomic E-state index is 12.3. The standard InChI is InChI=1S/C15H22ClN3O/c1-19(2)14-10-11(9-13(16)18-14)15(20)17-12-7-5-3-4-6-8-12/h9-10,12H,3-8H2,1-2H3,(H,17,20). The number of halogens is 1. The molecule has 110 valence electrons. The quantitative estimate of drug-likeness (QED) is 0.688. The number of nitrogens with one attached hydrogen (secondary N) is 1. The lowest BCUT2D eigenvalue weighted by atomic mass is 10.1. The van der Waals surface area contributed by atoms with Crippen molar-refractivity contribution in [1.82, 2.24) is 10.3 Å². The number of carbonyl (C=O) groups is 1. The molecule has 0 aliphatic heterocycles. The van der Waals surface area contributed by atoms with E-state index in [1.165, 1.54) is 25.7 Å². The van der Waals surface area contributed by atoms with Crippen LogP contribution >= 0.6 is 11.6 Å². The molecule has 1 saturated carbocycles. The Hall–Kier alpha value is -1.29. The van der Waals surface area contributed by atoms with E-state index in [0.29, 0.717) is 22.6 Å². The summed E-state index contributed by atoms with van der Waals surface area (Å²) in [7, 11) is 3.76. The molecule has 1 aliphatic carbocycles. The van der Waals surface area contributed by atoms with Gasteiger partial charge in [-0.25, -0.2) is 4.98 Å². The smallest absolute Gasteiger partial charge is 0.251 e. The Kier molecular flexibility index (Phi) is 5.24. The van der Waals surface area contributed by atoms with Gasteiger partial charge in [-0.3, -0.25) is 4.79 Å². The fourth-order valence-electron chi connectivity index (χ4n) is 2.54. The van der Waals surface area contributed by atoms with Crippen molar-refractivity contribution in [2.75, 3.05) is 19.0 Å². The fourth-order valence-corrected chi connectivity index (χ4v) is 2.74. The van der Waals surface area contributed by atoms with E-state index >= 15 is 0 Å². The molecule has 5 heteroatoms. The normalized spacial score (nSPS) is 16.6. The summed E-state index contributed by atoms with van der Waals surface area (Å²) < 4.78 is 0. The molecule has 1 aromatic rings. The zero-order valence-electron chi connectivity index (χ0n) is 12.2. The van der Waals surface area contributed by atoms with Crippen molar-refractivity contribution in [3.63, 3.8) is 0 Å². The van der Waals surface area contributed by atoms with Gasteiger partial charge in [0.05, 0.1) is 0 Å². The first-order valence-corrected chi connectivity index (χ1v) is 7.60. The van der Waals surface area contributed by atoms with Crippen LogP contribution in [0.1, 0.15) is 48.9 Å². The highest BCUT2D eigenvalue weighted by Crippen LogP contribution is 2.19. The summed E-state index contributed by atoms with van der Waals surface area (Å²) in [6.45, 7) is 0. The molecule has 0 spiro atoms. The lowest BCUT2D eigenvalue weighted by Crippen LogP contribution is -2.34. The summed E-state index contributed by atoms with van der Waals surface area (Å²) in [4.78, 5) is 18.4. The molecule has 2 rings (SSSR count). The van der Waals surface area contributed by atoms with Gasteiger partial charge in [0.2, 0.25) is 0 Å². The number of amides is 1. The number of rotatable bonds is 3. The Morgan fingerprint density at radius 2 is 1.90 bits per heavy atom. The van der Waals surface area contributed by atoms with Gasteiger partial charge in [-0.2, -0.15) is 0 Å². The Bertz CT molecular complexity index is 468. The third-order valence-corrected chi connectivity index (χ3v) is 3.88. The van der Waals surface area contributed by atoms with E-state index in [2.05, 4.69) is 10.3 Å². The Morgan fingerprint density at radius 1 is 1.25 bits per heavy atom. The molecule has 0 unspecified atom stereocenters. The Labute approximate surface area is 125 Å². The molecule has 4 nitrogen and oxygen atoms in total. The molecule has 20 heavy (non-hydrogen) atoms. The maximum Gasteiger partial charge on any atom is 0.251 e. The highest BCUT2D eigenvalue weighted by atomic mass is 35.5. The van der Waals surface area contributed by atoms with Crippen LogP contribution < -0.4 is 10.2 Å². The van der Waals surface area contributed by atoms with Gasteiger partial charge in [0.25, 0.3) is 5.91 Å². The average Bonchev–Trinajstić information content (AvgIpc) is 2.66. The number of nitrogens with zero attached hydrogens (tertiary/aromatic N) is 2. The first kappa shape index (κ1) is 15.1. The molecule has 1 fully saturated rings. The lowest BCUT2D eigenvalue weighted by Gasteiger charge is -2.17. The van der Waals surface area contributed by atoms with E-state index in [1.807, 2.05) is 19.0 Å². The van der Waals surface area contributed by atoms with E-state index < -0.39 is 0 Å². The predicted molar refractivity (Wildman–Crippen MR) is 82.5 cm³/mol. The van der Waals surface area contributed by atoms with Crippen molar-refractivity contribution in [3.8, 4) is 0 Å². The van der Waals surface area contributed by atoms with Crippen molar-refractivity contribution in [2.45, 2.75) is 44.6 Å².